The summed E-state index contributed by atoms with van der Waals surface area (Å²) in [6.07, 6.45) is 2.38. The lowest BCUT2D eigenvalue weighted by Gasteiger charge is -2.13. The van der Waals surface area contributed by atoms with Gasteiger partial charge < -0.3 is 10.6 Å². The summed E-state index contributed by atoms with van der Waals surface area (Å²) in [5.41, 5.74) is 2.81. The molecule has 0 bridgehead atoms. The Bertz CT molecular complexity index is 310. The molecule has 96 valence electrons. The third kappa shape index (κ3) is 6.44. The zero-order chi connectivity index (χ0) is 12.5. The SMILES string of the molecule is CCNCC(C)NCCCc1cccc(C)c1. The van der Waals surface area contributed by atoms with Crippen molar-refractivity contribution in [3.63, 3.8) is 0 Å². The standard InChI is InChI=1S/C15H26N2/c1-4-16-12-14(3)17-10-6-9-15-8-5-7-13(2)11-15/h5,7-8,11,14,16-17H,4,6,9-10,12H2,1-3H3. The summed E-state index contributed by atoms with van der Waals surface area (Å²) in [6, 6.07) is 9.36. The number of benzene rings is 1. The molecule has 17 heavy (non-hydrogen) atoms. The number of likely N-dealkylation sites (N-methyl/N-ethyl adjacent to an activating group) is 1. The third-order valence-electron chi connectivity index (χ3n) is 2.92. The van der Waals surface area contributed by atoms with E-state index >= 15 is 0 Å². The molecule has 0 aromatic heterocycles. The summed E-state index contributed by atoms with van der Waals surface area (Å²) in [5, 5.41) is 6.89. The average Bonchev–Trinajstić information content (AvgIpc) is 2.32. The van der Waals surface area contributed by atoms with Gasteiger partial charge in [0, 0.05) is 12.6 Å². The summed E-state index contributed by atoms with van der Waals surface area (Å²) < 4.78 is 0. The van der Waals surface area contributed by atoms with E-state index in [2.05, 4.69) is 55.7 Å². The minimum Gasteiger partial charge on any atom is -0.315 e. The lowest BCUT2D eigenvalue weighted by molar-refractivity contribution is 0.502. The van der Waals surface area contributed by atoms with E-state index in [4.69, 9.17) is 0 Å². The van der Waals surface area contributed by atoms with Crippen molar-refractivity contribution in [3.8, 4) is 0 Å². The van der Waals surface area contributed by atoms with Crippen LogP contribution in [0.4, 0.5) is 0 Å². The maximum absolute atomic E-state index is 3.54. The molecule has 2 nitrogen and oxygen atoms in total. The predicted octanol–water partition coefficient (Wildman–Crippen LogP) is 2.52. The van der Waals surface area contributed by atoms with Crippen LogP contribution in [0.2, 0.25) is 0 Å². The van der Waals surface area contributed by atoms with Crippen molar-refractivity contribution in [2.45, 2.75) is 39.7 Å². The molecule has 0 aliphatic carbocycles. The summed E-state index contributed by atoms with van der Waals surface area (Å²) in [6.45, 7) is 9.73. The monoisotopic (exact) mass is 234 g/mol. The van der Waals surface area contributed by atoms with Gasteiger partial charge in [0.25, 0.3) is 0 Å². The van der Waals surface area contributed by atoms with Gasteiger partial charge in [0.1, 0.15) is 0 Å². The second kappa shape index (κ2) is 8.26. The molecular formula is C15H26N2. The third-order valence-corrected chi connectivity index (χ3v) is 2.92. The van der Waals surface area contributed by atoms with E-state index in [-0.39, 0.29) is 0 Å². The van der Waals surface area contributed by atoms with Crippen LogP contribution in [0.15, 0.2) is 24.3 Å². The first kappa shape index (κ1) is 14.2. The van der Waals surface area contributed by atoms with Crippen molar-refractivity contribution < 1.29 is 0 Å². The highest BCUT2D eigenvalue weighted by atomic mass is 15.0. The summed E-state index contributed by atoms with van der Waals surface area (Å²) >= 11 is 0. The first-order valence-corrected chi connectivity index (χ1v) is 6.72. The number of hydrogen-bond donors (Lipinski definition) is 2. The van der Waals surface area contributed by atoms with Crippen molar-refractivity contribution in [1.29, 1.82) is 0 Å². The number of nitrogens with one attached hydrogen (secondary N) is 2. The van der Waals surface area contributed by atoms with Gasteiger partial charge in [0.15, 0.2) is 0 Å². The molecule has 0 saturated heterocycles. The van der Waals surface area contributed by atoms with Crippen LogP contribution in [0.5, 0.6) is 0 Å². The van der Waals surface area contributed by atoms with Crippen LogP contribution in [-0.2, 0) is 6.42 Å². The molecule has 1 rings (SSSR count). The van der Waals surface area contributed by atoms with Crippen LogP contribution < -0.4 is 10.6 Å². The maximum atomic E-state index is 3.54. The largest absolute Gasteiger partial charge is 0.315 e. The van der Waals surface area contributed by atoms with E-state index in [0.717, 1.165) is 19.6 Å². The minimum absolute atomic E-state index is 0.562. The molecule has 1 aromatic rings. The Morgan fingerprint density at radius 1 is 1.29 bits per heavy atom. The van der Waals surface area contributed by atoms with Gasteiger partial charge in [-0.05, 0) is 45.3 Å². The highest BCUT2D eigenvalue weighted by Gasteiger charge is 1.99. The second-order valence-electron chi connectivity index (χ2n) is 4.76. The Morgan fingerprint density at radius 3 is 2.82 bits per heavy atom. The van der Waals surface area contributed by atoms with E-state index in [1.54, 1.807) is 0 Å². The molecule has 2 N–H and O–H groups in total. The highest BCUT2D eigenvalue weighted by molar-refractivity contribution is 5.22. The highest BCUT2D eigenvalue weighted by Crippen LogP contribution is 2.05. The van der Waals surface area contributed by atoms with E-state index < -0.39 is 0 Å². The van der Waals surface area contributed by atoms with Crippen LogP contribution in [0, 0.1) is 6.92 Å². The number of rotatable bonds is 8. The fourth-order valence-corrected chi connectivity index (χ4v) is 1.94. The second-order valence-corrected chi connectivity index (χ2v) is 4.76. The first-order chi connectivity index (χ1) is 8.22. The quantitative estimate of drug-likeness (QED) is 0.675. The molecule has 0 spiro atoms. The predicted molar refractivity (Wildman–Crippen MR) is 75.5 cm³/mol. The van der Waals surface area contributed by atoms with Crippen LogP contribution in [0.1, 0.15) is 31.4 Å². The molecule has 2 heteroatoms. The van der Waals surface area contributed by atoms with Crippen LogP contribution >= 0.6 is 0 Å². The van der Waals surface area contributed by atoms with Crippen molar-refractivity contribution in [2.75, 3.05) is 19.6 Å². The molecule has 0 fully saturated rings. The summed E-state index contributed by atoms with van der Waals surface area (Å²) in [7, 11) is 0. The Kier molecular flexibility index (Phi) is 6.90. The zero-order valence-corrected chi connectivity index (χ0v) is 11.4. The van der Waals surface area contributed by atoms with Crippen molar-refractivity contribution in [1.82, 2.24) is 10.6 Å². The Balaban J connectivity index is 2.11. The lowest BCUT2D eigenvalue weighted by Crippen LogP contribution is -2.36. The number of hydrogen-bond acceptors (Lipinski definition) is 2. The first-order valence-electron chi connectivity index (χ1n) is 6.72. The topological polar surface area (TPSA) is 24.1 Å². The van der Waals surface area contributed by atoms with E-state index in [9.17, 15) is 0 Å². The summed E-state index contributed by atoms with van der Waals surface area (Å²) in [4.78, 5) is 0. The number of aryl methyl sites for hydroxylation is 2. The fraction of sp³-hybridized carbons (Fsp3) is 0.600. The van der Waals surface area contributed by atoms with Gasteiger partial charge in [0.2, 0.25) is 0 Å². The minimum atomic E-state index is 0.562. The van der Waals surface area contributed by atoms with Gasteiger partial charge >= 0.3 is 0 Å². The van der Waals surface area contributed by atoms with Gasteiger partial charge in [-0.25, -0.2) is 0 Å². The average molecular weight is 234 g/mol. The van der Waals surface area contributed by atoms with Crippen molar-refractivity contribution in [2.24, 2.45) is 0 Å². The van der Waals surface area contributed by atoms with E-state index in [1.807, 2.05) is 0 Å². The smallest absolute Gasteiger partial charge is 0.0164 e. The molecule has 0 heterocycles. The molecule has 0 amide bonds. The van der Waals surface area contributed by atoms with Crippen molar-refractivity contribution in [3.05, 3.63) is 35.4 Å². The van der Waals surface area contributed by atoms with E-state index in [0.29, 0.717) is 6.04 Å². The van der Waals surface area contributed by atoms with Crippen LogP contribution in [-0.4, -0.2) is 25.7 Å². The Labute approximate surface area is 106 Å². The molecule has 0 saturated carbocycles. The fourth-order valence-electron chi connectivity index (χ4n) is 1.94. The van der Waals surface area contributed by atoms with Crippen molar-refractivity contribution >= 4 is 0 Å². The summed E-state index contributed by atoms with van der Waals surface area (Å²) in [5.74, 6) is 0. The molecule has 0 aliphatic rings. The van der Waals surface area contributed by atoms with Crippen LogP contribution in [0.3, 0.4) is 0 Å². The Morgan fingerprint density at radius 2 is 2.12 bits per heavy atom. The van der Waals surface area contributed by atoms with E-state index in [1.165, 1.54) is 24.0 Å². The lowest BCUT2D eigenvalue weighted by atomic mass is 10.1. The molecular weight excluding hydrogens is 208 g/mol. The zero-order valence-electron chi connectivity index (χ0n) is 11.4. The maximum Gasteiger partial charge on any atom is 0.0164 e. The molecule has 0 aliphatic heterocycles. The van der Waals surface area contributed by atoms with Gasteiger partial charge in [-0.2, -0.15) is 0 Å². The molecule has 1 unspecified atom stereocenters. The van der Waals surface area contributed by atoms with Crippen LogP contribution in [0.25, 0.3) is 0 Å². The van der Waals surface area contributed by atoms with Gasteiger partial charge in [0.05, 0.1) is 0 Å². The molecule has 0 radical (unpaired) electrons. The Hall–Kier alpha value is -0.860. The van der Waals surface area contributed by atoms with Gasteiger partial charge in [-0.1, -0.05) is 36.8 Å². The molecule has 1 atom stereocenters. The normalized spacial score (nSPS) is 12.6. The molecule has 1 aromatic carbocycles. The van der Waals surface area contributed by atoms with Gasteiger partial charge in [-0.3, -0.25) is 0 Å². The van der Waals surface area contributed by atoms with Gasteiger partial charge in [-0.15, -0.1) is 0 Å².